The van der Waals surface area contributed by atoms with Crippen molar-refractivity contribution in [2.45, 2.75) is 13.0 Å². The Labute approximate surface area is 143 Å². The van der Waals surface area contributed by atoms with Gasteiger partial charge >= 0.3 is 0 Å². The fourth-order valence-corrected chi connectivity index (χ4v) is 2.99. The van der Waals surface area contributed by atoms with Crippen LogP contribution in [0.15, 0.2) is 36.4 Å². The summed E-state index contributed by atoms with van der Waals surface area (Å²) < 4.78 is 5.22. The molecular formula is C17H15ClN2O4. The summed E-state index contributed by atoms with van der Waals surface area (Å²) >= 11 is 5.80. The Hall–Kier alpha value is -2.60. The van der Waals surface area contributed by atoms with Crippen LogP contribution in [0, 0.1) is 10.1 Å². The number of hydrogen-bond acceptors (Lipinski definition) is 4. The topological polar surface area (TPSA) is 72.7 Å². The third-order valence-corrected chi connectivity index (χ3v) is 4.42. The van der Waals surface area contributed by atoms with E-state index in [1.165, 1.54) is 23.8 Å². The number of amides is 1. The fraction of sp³-hybridized carbons (Fsp3) is 0.235. The first-order chi connectivity index (χ1) is 11.5. The van der Waals surface area contributed by atoms with Crippen molar-refractivity contribution in [2.75, 3.05) is 13.7 Å². The molecule has 0 saturated carbocycles. The molecule has 0 radical (unpaired) electrons. The Kier molecular flexibility index (Phi) is 4.40. The lowest BCUT2D eigenvalue weighted by Crippen LogP contribution is -2.36. The Balaban J connectivity index is 1.86. The van der Waals surface area contributed by atoms with Gasteiger partial charge < -0.3 is 9.64 Å². The number of nitrogens with zero attached hydrogens (tertiary/aromatic N) is 2. The molecule has 0 aliphatic carbocycles. The molecule has 1 aliphatic heterocycles. The van der Waals surface area contributed by atoms with E-state index in [1.807, 2.05) is 18.2 Å². The molecule has 24 heavy (non-hydrogen) atoms. The van der Waals surface area contributed by atoms with Gasteiger partial charge in [-0.2, -0.15) is 0 Å². The smallest absolute Gasteiger partial charge is 0.288 e. The first-order valence-electron chi connectivity index (χ1n) is 7.38. The number of ether oxygens (including phenoxy) is 1. The summed E-state index contributed by atoms with van der Waals surface area (Å²) in [6, 6.07) is 9.94. The number of benzene rings is 2. The standard InChI is InChI=1S/C17H15ClN2O4/c1-24-14-4-2-11-6-7-19(10-13(11)8-14)17(21)12-3-5-15(18)16(9-12)20(22)23/h2-5,8-9H,6-7,10H2,1H3. The van der Waals surface area contributed by atoms with Gasteiger partial charge in [-0.1, -0.05) is 17.7 Å². The van der Waals surface area contributed by atoms with Gasteiger partial charge in [-0.3, -0.25) is 14.9 Å². The SMILES string of the molecule is COc1ccc2c(c1)CN(C(=O)c1ccc(Cl)c([N+](=O)[O-])c1)CC2. The Morgan fingerprint density at radius 1 is 1.25 bits per heavy atom. The van der Waals surface area contributed by atoms with E-state index in [2.05, 4.69) is 0 Å². The molecule has 1 amide bonds. The second kappa shape index (κ2) is 6.49. The van der Waals surface area contributed by atoms with Crippen molar-refractivity contribution < 1.29 is 14.5 Å². The van der Waals surface area contributed by atoms with Gasteiger partial charge in [0.2, 0.25) is 0 Å². The first kappa shape index (κ1) is 16.3. The van der Waals surface area contributed by atoms with E-state index in [-0.39, 0.29) is 22.2 Å². The molecule has 2 aromatic carbocycles. The van der Waals surface area contributed by atoms with Gasteiger partial charge in [0.1, 0.15) is 10.8 Å². The van der Waals surface area contributed by atoms with Gasteiger partial charge in [0.15, 0.2) is 0 Å². The van der Waals surface area contributed by atoms with Gasteiger partial charge in [0, 0.05) is 24.7 Å². The summed E-state index contributed by atoms with van der Waals surface area (Å²) in [5.74, 6) is 0.494. The van der Waals surface area contributed by atoms with E-state index in [0.717, 1.165) is 17.7 Å². The molecular weight excluding hydrogens is 332 g/mol. The number of carbonyl (C=O) groups excluding carboxylic acids is 1. The van der Waals surface area contributed by atoms with Crippen LogP contribution < -0.4 is 4.74 Å². The van der Waals surface area contributed by atoms with Crippen LogP contribution in [0.1, 0.15) is 21.5 Å². The van der Waals surface area contributed by atoms with Crippen LogP contribution in [-0.2, 0) is 13.0 Å². The highest BCUT2D eigenvalue weighted by atomic mass is 35.5. The number of rotatable bonds is 3. The molecule has 3 rings (SSSR count). The maximum Gasteiger partial charge on any atom is 0.288 e. The molecule has 0 aromatic heterocycles. The van der Waals surface area contributed by atoms with Gasteiger partial charge in [0.05, 0.1) is 12.0 Å². The number of carbonyl (C=O) groups is 1. The minimum absolute atomic E-state index is 0.0188. The zero-order chi connectivity index (χ0) is 17.3. The molecule has 6 nitrogen and oxygen atoms in total. The second-order valence-corrected chi connectivity index (χ2v) is 5.94. The van der Waals surface area contributed by atoms with Crippen molar-refractivity contribution in [3.8, 4) is 5.75 Å². The normalized spacial score (nSPS) is 13.3. The molecule has 0 bridgehead atoms. The van der Waals surface area contributed by atoms with Gasteiger partial charge in [0.25, 0.3) is 11.6 Å². The van der Waals surface area contributed by atoms with Crippen molar-refractivity contribution >= 4 is 23.2 Å². The minimum Gasteiger partial charge on any atom is -0.497 e. The average molecular weight is 347 g/mol. The van der Waals surface area contributed by atoms with Gasteiger partial charge in [-0.25, -0.2) is 0 Å². The molecule has 7 heteroatoms. The zero-order valence-electron chi connectivity index (χ0n) is 13.0. The Bertz CT molecular complexity index is 822. The fourth-order valence-electron chi connectivity index (χ4n) is 2.80. The molecule has 0 atom stereocenters. The van der Waals surface area contributed by atoms with Crippen LogP contribution in [0.5, 0.6) is 5.75 Å². The van der Waals surface area contributed by atoms with Crippen molar-refractivity contribution in [1.82, 2.24) is 4.90 Å². The summed E-state index contributed by atoms with van der Waals surface area (Å²) in [4.78, 5) is 24.8. The molecule has 0 unspecified atom stereocenters. The van der Waals surface area contributed by atoms with Crippen molar-refractivity contribution in [3.63, 3.8) is 0 Å². The van der Waals surface area contributed by atoms with E-state index in [4.69, 9.17) is 16.3 Å². The van der Waals surface area contributed by atoms with E-state index in [9.17, 15) is 14.9 Å². The molecule has 0 fully saturated rings. The van der Waals surface area contributed by atoms with Crippen LogP contribution in [-0.4, -0.2) is 29.4 Å². The number of nitro benzene ring substituents is 1. The molecule has 2 aromatic rings. The quantitative estimate of drug-likeness (QED) is 0.630. The predicted molar refractivity (Wildman–Crippen MR) is 89.5 cm³/mol. The highest BCUT2D eigenvalue weighted by Gasteiger charge is 2.24. The van der Waals surface area contributed by atoms with E-state index in [0.29, 0.717) is 13.1 Å². The number of fused-ring (bicyclic) bond motifs is 1. The van der Waals surface area contributed by atoms with Gasteiger partial charge in [-0.05, 0) is 41.8 Å². The lowest BCUT2D eigenvalue weighted by Gasteiger charge is -2.29. The summed E-state index contributed by atoms with van der Waals surface area (Å²) in [7, 11) is 1.60. The molecule has 124 valence electrons. The lowest BCUT2D eigenvalue weighted by molar-refractivity contribution is -0.384. The summed E-state index contributed by atoms with van der Waals surface area (Å²) in [5, 5.41) is 11.0. The number of halogens is 1. The largest absolute Gasteiger partial charge is 0.497 e. The summed E-state index contributed by atoms with van der Waals surface area (Å²) in [6.07, 6.45) is 0.737. The maximum atomic E-state index is 12.7. The van der Waals surface area contributed by atoms with Crippen LogP contribution in [0.3, 0.4) is 0 Å². The van der Waals surface area contributed by atoms with Crippen LogP contribution >= 0.6 is 11.6 Å². The Morgan fingerprint density at radius 3 is 2.75 bits per heavy atom. The Morgan fingerprint density at radius 2 is 2.04 bits per heavy atom. The number of nitro groups is 1. The van der Waals surface area contributed by atoms with E-state index in [1.54, 1.807) is 12.0 Å². The van der Waals surface area contributed by atoms with Gasteiger partial charge in [-0.15, -0.1) is 0 Å². The van der Waals surface area contributed by atoms with Crippen LogP contribution in [0.2, 0.25) is 5.02 Å². The predicted octanol–water partition coefficient (Wildman–Crippen LogP) is 3.46. The average Bonchev–Trinajstić information content (AvgIpc) is 2.60. The number of methoxy groups -OCH3 is 1. The maximum absolute atomic E-state index is 12.7. The van der Waals surface area contributed by atoms with Crippen LogP contribution in [0.4, 0.5) is 5.69 Å². The van der Waals surface area contributed by atoms with E-state index >= 15 is 0 Å². The third-order valence-electron chi connectivity index (χ3n) is 4.10. The second-order valence-electron chi connectivity index (χ2n) is 5.53. The first-order valence-corrected chi connectivity index (χ1v) is 7.76. The number of hydrogen-bond donors (Lipinski definition) is 0. The van der Waals surface area contributed by atoms with Crippen molar-refractivity contribution in [1.29, 1.82) is 0 Å². The summed E-state index contributed by atoms with van der Waals surface area (Å²) in [6.45, 7) is 1.01. The summed E-state index contributed by atoms with van der Waals surface area (Å²) in [5.41, 5.74) is 2.21. The van der Waals surface area contributed by atoms with Crippen molar-refractivity contribution in [2.24, 2.45) is 0 Å². The molecule has 1 aliphatic rings. The third kappa shape index (κ3) is 3.05. The highest BCUT2D eigenvalue weighted by Crippen LogP contribution is 2.28. The molecule has 0 saturated heterocycles. The monoisotopic (exact) mass is 346 g/mol. The minimum atomic E-state index is -0.588. The van der Waals surface area contributed by atoms with E-state index < -0.39 is 4.92 Å². The lowest BCUT2D eigenvalue weighted by atomic mass is 9.98. The van der Waals surface area contributed by atoms with Crippen LogP contribution in [0.25, 0.3) is 0 Å². The molecule has 0 N–H and O–H groups in total. The molecule has 0 spiro atoms. The highest BCUT2D eigenvalue weighted by molar-refractivity contribution is 6.32. The van der Waals surface area contributed by atoms with Crippen molar-refractivity contribution in [3.05, 3.63) is 68.2 Å². The molecule has 1 heterocycles. The zero-order valence-corrected chi connectivity index (χ0v) is 13.7.